The predicted molar refractivity (Wildman–Crippen MR) is 68.4 cm³/mol. The minimum Gasteiger partial charge on any atom is -0.467 e. The quantitative estimate of drug-likeness (QED) is 0.807. The molecule has 94 valence electrons. The minimum absolute atomic E-state index is 0.286. The summed E-state index contributed by atoms with van der Waals surface area (Å²) in [6, 6.07) is 8.47. The molecule has 4 heteroatoms. The summed E-state index contributed by atoms with van der Waals surface area (Å²) in [5.41, 5.74) is 7.10. The monoisotopic (exact) mass is 236 g/mol. The summed E-state index contributed by atoms with van der Waals surface area (Å²) in [6.45, 7) is 2.33. The summed E-state index contributed by atoms with van der Waals surface area (Å²) < 4.78 is 10.3. The van der Waals surface area contributed by atoms with Gasteiger partial charge in [-0.25, -0.2) is 0 Å². The molecular formula is C13H20N2O2. The maximum Gasteiger partial charge on any atom is 0.188 e. The van der Waals surface area contributed by atoms with Gasteiger partial charge in [0.1, 0.15) is 5.75 Å². The molecule has 1 aromatic rings. The van der Waals surface area contributed by atoms with Crippen molar-refractivity contribution in [2.75, 3.05) is 31.9 Å². The average Bonchev–Trinajstić information content (AvgIpc) is 2.37. The fourth-order valence-corrected chi connectivity index (χ4v) is 2.05. The minimum atomic E-state index is 0.286. The van der Waals surface area contributed by atoms with Gasteiger partial charge in [0.25, 0.3) is 0 Å². The molecule has 2 rings (SSSR count). The highest BCUT2D eigenvalue weighted by molar-refractivity contribution is 5.51. The second kappa shape index (κ2) is 5.89. The fraction of sp³-hybridized carbons (Fsp3) is 0.538. The van der Waals surface area contributed by atoms with Crippen LogP contribution >= 0.6 is 0 Å². The molecule has 0 aliphatic carbocycles. The largest absolute Gasteiger partial charge is 0.467 e. The Morgan fingerprint density at radius 2 is 2.12 bits per heavy atom. The molecular weight excluding hydrogens is 216 g/mol. The van der Waals surface area contributed by atoms with Crippen LogP contribution in [-0.2, 0) is 4.74 Å². The van der Waals surface area contributed by atoms with Crippen molar-refractivity contribution in [3.05, 3.63) is 24.3 Å². The van der Waals surface area contributed by atoms with Gasteiger partial charge in [0.05, 0.1) is 0 Å². The molecule has 1 fully saturated rings. The maximum atomic E-state index is 5.90. The van der Waals surface area contributed by atoms with E-state index in [4.69, 9.17) is 15.2 Å². The van der Waals surface area contributed by atoms with Crippen LogP contribution in [0.1, 0.15) is 12.8 Å². The SMILES string of the molecule is COCOc1cccc(N2CCC(N)CC2)c1. The van der Waals surface area contributed by atoms with E-state index in [1.54, 1.807) is 7.11 Å². The van der Waals surface area contributed by atoms with E-state index in [0.29, 0.717) is 6.04 Å². The van der Waals surface area contributed by atoms with Gasteiger partial charge >= 0.3 is 0 Å². The Morgan fingerprint density at radius 1 is 1.35 bits per heavy atom. The predicted octanol–water partition coefficient (Wildman–Crippen LogP) is 1.60. The third kappa shape index (κ3) is 3.35. The molecule has 0 radical (unpaired) electrons. The third-order valence-corrected chi connectivity index (χ3v) is 3.07. The molecule has 0 atom stereocenters. The summed E-state index contributed by atoms with van der Waals surface area (Å²) in [5.74, 6) is 0.847. The van der Waals surface area contributed by atoms with E-state index in [-0.39, 0.29) is 6.79 Å². The lowest BCUT2D eigenvalue weighted by atomic mass is 10.1. The highest BCUT2D eigenvalue weighted by Crippen LogP contribution is 2.23. The molecule has 1 aliphatic rings. The summed E-state index contributed by atoms with van der Waals surface area (Å²) in [5, 5.41) is 0. The van der Waals surface area contributed by atoms with Crippen molar-refractivity contribution in [1.82, 2.24) is 0 Å². The maximum absolute atomic E-state index is 5.90. The van der Waals surface area contributed by atoms with Crippen molar-refractivity contribution >= 4 is 5.69 Å². The van der Waals surface area contributed by atoms with Crippen LogP contribution in [0.3, 0.4) is 0 Å². The Bertz CT molecular complexity index is 349. The zero-order valence-corrected chi connectivity index (χ0v) is 10.3. The highest BCUT2D eigenvalue weighted by Gasteiger charge is 2.16. The Morgan fingerprint density at radius 3 is 2.82 bits per heavy atom. The van der Waals surface area contributed by atoms with Gasteiger partial charge in [-0.05, 0) is 25.0 Å². The number of piperidine rings is 1. The number of rotatable bonds is 4. The van der Waals surface area contributed by atoms with Crippen LogP contribution in [0.2, 0.25) is 0 Å². The van der Waals surface area contributed by atoms with Gasteiger partial charge < -0.3 is 20.1 Å². The fourth-order valence-electron chi connectivity index (χ4n) is 2.05. The van der Waals surface area contributed by atoms with Crippen LogP contribution in [0.25, 0.3) is 0 Å². The van der Waals surface area contributed by atoms with Crippen molar-refractivity contribution in [3.63, 3.8) is 0 Å². The highest BCUT2D eigenvalue weighted by atomic mass is 16.7. The Kier molecular flexibility index (Phi) is 4.23. The zero-order valence-electron chi connectivity index (χ0n) is 10.3. The van der Waals surface area contributed by atoms with Gasteiger partial charge in [-0.2, -0.15) is 0 Å². The van der Waals surface area contributed by atoms with E-state index in [2.05, 4.69) is 17.0 Å². The molecule has 0 bridgehead atoms. The number of benzene rings is 1. The molecule has 0 saturated carbocycles. The van der Waals surface area contributed by atoms with Crippen molar-refractivity contribution in [1.29, 1.82) is 0 Å². The lowest BCUT2D eigenvalue weighted by Gasteiger charge is -2.32. The third-order valence-electron chi connectivity index (χ3n) is 3.07. The van der Waals surface area contributed by atoms with E-state index >= 15 is 0 Å². The second-order valence-corrected chi connectivity index (χ2v) is 4.37. The van der Waals surface area contributed by atoms with Crippen molar-refractivity contribution in [2.45, 2.75) is 18.9 Å². The summed E-state index contributed by atoms with van der Waals surface area (Å²) in [7, 11) is 1.62. The Labute approximate surface area is 102 Å². The summed E-state index contributed by atoms with van der Waals surface area (Å²) in [4.78, 5) is 2.35. The number of nitrogens with zero attached hydrogens (tertiary/aromatic N) is 1. The Balaban J connectivity index is 2.00. The first-order valence-electron chi connectivity index (χ1n) is 6.02. The standard InChI is InChI=1S/C13H20N2O2/c1-16-10-17-13-4-2-3-12(9-13)15-7-5-11(14)6-8-15/h2-4,9,11H,5-8,10,14H2,1H3. The number of hydrogen-bond donors (Lipinski definition) is 1. The van der Waals surface area contributed by atoms with Crippen LogP contribution in [0.5, 0.6) is 5.75 Å². The van der Waals surface area contributed by atoms with Gasteiger partial charge in [-0.1, -0.05) is 6.07 Å². The number of hydrogen-bond acceptors (Lipinski definition) is 4. The molecule has 1 aromatic carbocycles. The van der Waals surface area contributed by atoms with E-state index < -0.39 is 0 Å². The summed E-state index contributed by atoms with van der Waals surface area (Å²) >= 11 is 0. The Hall–Kier alpha value is -1.26. The van der Waals surface area contributed by atoms with Crippen molar-refractivity contribution < 1.29 is 9.47 Å². The van der Waals surface area contributed by atoms with Crippen LogP contribution < -0.4 is 15.4 Å². The van der Waals surface area contributed by atoms with Crippen LogP contribution in [0.15, 0.2) is 24.3 Å². The molecule has 0 amide bonds. The van der Waals surface area contributed by atoms with Crippen LogP contribution in [0.4, 0.5) is 5.69 Å². The average molecular weight is 236 g/mol. The normalized spacial score (nSPS) is 17.2. The molecule has 17 heavy (non-hydrogen) atoms. The molecule has 1 heterocycles. The molecule has 0 unspecified atom stereocenters. The lowest BCUT2D eigenvalue weighted by molar-refractivity contribution is 0.0511. The molecule has 0 spiro atoms. The number of methoxy groups -OCH3 is 1. The van der Waals surface area contributed by atoms with Crippen molar-refractivity contribution in [3.8, 4) is 5.75 Å². The first-order valence-corrected chi connectivity index (χ1v) is 6.02. The lowest BCUT2D eigenvalue weighted by Crippen LogP contribution is -2.39. The molecule has 2 N–H and O–H groups in total. The molecule has 4 nitrogen and oxygen atoms in total. The van der Waals surface area contributed by atoms with Gasteiger partial charge in [-0.3, -0.25) is 0 Å². The van der Waals surface area contributed by atoms with Gasteiger partial charge in [0.2, 0.25) is 0 Å². The van der Waals surface area contributed by atoms with E-state index in [1.807, 2.05) is 12.1 Å². The molecule has 1 aliphatic heterocycles. The van der Waals surface area contributed by atoms with Crippen LogP contribution in [-0.4, -0.2) is 33.0 Å². The number of anilines is 1. The first-order chi connectivity index (χ1) is 8.29. The van der Waals surface area contributed by atoms with Gasteiger partial charge in [0, 0.05) is 38.0 Å². The van der Waals surface area contributed by atoms with Crippen molar-refractivity contribution in [2.24, 2.45) is 5.73 Å². The van der Waals surface area contributed by atoms with E-state index in [9.17, 15) is 0 Å². The molecule has 1 saturated heterocycles. The second-order valence-electron chi connectivity index (χ2n) is 4.37. The van der Waals surface area contributed by atoms with E-state index in [0.717, 1.165) is 31.7 Å². The van der Waals surface area contributed by atoms with Gasteiger partial charge in [-0.15, -0.1) is 0 Å². The van der Waals surface area contributed by atoms with E-state index in [1.165, 1.54) is 5.69 Å². The topological polar surface area (TPSA) is 47.7 Å². The van der Waals surface area contributed by atoms with Crippen LogP contribution in [0, 0.1) is 0 Å². The number of nitrogens with two attached hydrogens (primary N) is 1. The van der Waals surface area contributed by atoms with Gasteiger partial charge in [0.15, 0.2) is 6.79 Å². The number of ether oxygens (including phenoxy) is 2. The summed E-state index contributed by atoms with van der Waals surface area (Å²) in [6.07, 6.45) is 2.12. The zero-order chi connectivity index (χ0) is 12.1. The smallest absolute Gasteiger partial charge is 0.188 e. The first kappa shape index (κ1) is 12.2. The molecule has 0 aromatic heterocycles.